The van der Waals surface area contributed by atoms with Gasteiger partial charge in [0.25, 0.3) is 0 Å². The molecule has 3 aliphatic carbocycles. The smallest absolute Gasteiger partial charge is 0.338 e. The highest BCUT2D eigenvalue weighted by Crippen LogP contribution is 2.66. The maximum Gasteiger partial charge on any atom is 0.354 e. The number of nitrogens with one attached hydrogen (secondary N) is 2. The molecular weight excluding hydrogens is 496 g/mol. The summed E-state index contributed by atoms with van der Waals surface area (Å²) in [5.41, 5.74) is 13.0. The summed E-state index contributed by atoms with van der Waals surface area (Å²) in [6.45, 7) is 7.91. The van der Waals surface area contributed by atoms with Crippen molar-refractivity contribution >= 4 is 17.8 Å². The molecule has 0 spiro atoms. The van der Waals surface area contributed by atoms with Gasteiger partial charge < -0.3 is 26.6 Å². The Balaban J connectivity index is 1.13. The molecule has 2 bridgehead atoms. The van der Waals surface area contributed by atoms with Crippen molar-refractivity contribution in [1.29, 1.82) is 0 Å². The fraction of sp³-hybridized carbons (Fsp3) is 0.571. The molecule has 39 heavy (non-hydrogen) atoms. The van der Waals surface area contributed by atoms with E-state index in [1.165, 1.54) is 29.4 Å². The number of hydrogen-bond acceptors (Lipinski definition) is 7. The van der Waals surface area contributed by atoms with E-state index in [-0.39, 0.29) is 17.8 Å². The Labute approximate surface area is 228 Å². The molecule has 11 heteroatoms. The third-order valence-corrected chi connectivity index (χ3v) is 8.33. The standard InChI is InChI=1S/C28H40N8O3/c1-19(33-28-15-27(16-28,17-28)18-29)14-20-4-6-21(7-5-20)36-9-8-22(32-25(36)39)31-24(38)35-12-10-34(11-13-35)23(37)26(2,3)30/h4-9,19,33H,10-18,29-30H2,1-3H3,(H,31,32,38,39). The Bertz CT molecular complexity index is 1270. The molecule has 3 saturated carbocycles. The van der Waals surface area contributed by atoms with Crippen molar-refractivity contribution in [3.8, 4) is 5.69 Å². The van der Waals surface area contributed by atoms with Crippen molar-refractivity contribution in [1.82, 2.24) is 24.7 Å². The molecule has 6 rings (SSSR count). The highest BCUT2D eigenvalue weighted by atomic mass is 16.2. The van der Waals surface area contributed by atoms with Gasteiger partial charge in [0.2, 0.25) is 5.91 Å². The number of nitrogens with two attached hydrogens (primary N) is 2. The molecular formula is C28H40N8O3. The van der Waals surface area contributed by atoms with Crippen molar-refractivity contribution < 1.29 is 9.59 Å². The van der Waals surface area contributed by atoms with Crippen LogP contribution in [0.1, 0.15) is 45.6 Å². The number of nitrogens with zero attached hydrogens (tertiary/aromatic N) is 4. The first kappa shape index (κ1) is 27.3. The van der Waals surface area contributed by atoms with Gasteiger partial charge in [-0.05, 0) is 82.2 Å². The fourth-order valence-electron chi connectivity index (χ4n) is 6.47. The molecule has 1 atom stereocenters. The second-order valence-electron chi connectivity index (χ2n) is 12.3. The van der Waals surface area contributed by atoms with Crippen LogP contribution in [0.25, 0.3) is 5.69 Å². The number of amides is 3. The molecule has 11 nitrogen and oxygen atoms in total. The monoisotopic (exact) mass is 536 g/mol. The number of benzene rings is 1. The van der Waals surface area contributed by atoms with Gasteiger partial charge in [0.1, 0.15) is 5.82 Å². The quantitative estimate of drug-likeness (QED) is 0.394. The lowest BCUT2D eigenvalue weighted by molar-refractivity contribution is -0.150. The zero-order chi connectivity index (χ0) is 28.0. The molecule has 1 aliphatic heterocycles. The average Bonchev–Trinajstić information content (AvgIpc) is 2.85. The van der Waals surface area contributed by atoms with Crippen LogP contribution in [0.5, 0.6) is 0 Å². The van der Waals surface area contributed by atoms with E-state index in [9.17, 15) is 14.4 Å². The van der Waals surface area contributed by atoms with Gasteiger partial charge in [-0.1, -0.05) is 12.1 Å². The summed E-state index contributed by atoms with van der Waals surface area (Å²) in [6.07, 6.45) is 6.09. The Morgan fingerprint density at radius 2 is 1.67 bits per heavy atom. The summed E-state index contributed by atoms with van der Waals surface area (Å²) in [5, 5.41) is 6.49. The van der Waals surface area contributed by atoms with Crippen molar-refractivity contribution in [2.45, 2.75) is 63.6 Å². The first-order chi connectivity index (χ1) is 18.4. The summed E-state index contributed by atoms with van der Waals surface area (Å²) in [6, 6.07) is 9.50. The topological polar surface area (TPSA) is 152 Å². The van der Waals surface area contributed by atoms with Crippen LogP contribution in [0.3, 0.4) is 0 Å². The van der Waals surface area contributed by atoms with E-state index in [0.717, 1.165) is 13.0 Å². The molecule has 2 heterocycles. The van der Waals surface area contributed by atoms with E-state index in [1.54, 1.807) is 35.9 Å². The van der Waals surface area contributed by atoms with Crippen molar-refractivity contribution in [2.75, 3.05) is 38.0 Å². The summed E-state index contributed by atoms with van der Waals surface area (Å²) in [7, 11) is 0. The number of carbonyl (C=O) groups excluding carboxylic acids is 2. The van der Waals surface area contributed by atoms with Gasteiger partial charge in [0, 0.05) is 44.0 Å². The minimum absolute atomic E-state index is 0.141. The number of hydrogen-bond donors (Lipinski definition) is 4. The van der Waals surface area contributed by atoms with E-state index in [0.29, 0.717) is 48.9 Å². The number of aromatic nitrogens is 2. The van der Waals surface area contributed by atoms with Crippen LogP contribution in [-0.2, 0) is 11.2 Å². The van der Waals surface area contributed by atoms with Gasteiger partial charge in [0.15, 0.2) is 0 Å². The van der Waals surface area contributed by atoms with Crippen LogP contribution in [0.15, 0.2) is 41.3 Å². The highest BCUT2D eigenvalue weighted by Gasteiger charge is 2.66. The molecule has 4 fully saturated rings. The number of carbonyl (C=O) groups is 2. The third kappa shape index (κ3) is 5.57. The molecule has 3 amide bonds. The Kier molecular flexibility index (Phi) is 7.02. The lowest BCUT2D eigenvalue weighted by atomic mass is 9.39. The first-order valence-electron chi connectivity index (χ1n) is 13.7. The van der Waals surface area contributed by atoms with Gasteiger partial charge in [0.05, 0.1) is 11.2 Å². The lowest BCUT2D eigenvalue weighted by Gasteiger charge is -2.71. The van der Waals surface area contributed by atoms with E-state index in [4.69, 9.17) is 11.5 Å². The zero-order valence-corrected chi connectivity index (χ0v) is 23.1. The van der Waals surface area contributed by atoms with Crippen LogP contribution in [0, 0.1) is 5.41 Å². The van der Waals surface area contributed by atoms with Gasteiger partial charge in [-0.15, -0.1) is 0 Å². The van der Waals surface area contributed by atoms with Crippen LogP contribution >= 0.6 is 0 Å². The van der Waals surface area contributed by atoms with Crippen molar-refractivity contribution in [3.05, 3.63) is 52.6 Å². The molecule has 4 aliphatic rings. The fourth-order valence-corrected chi connectivity index (χ4v) is 6.47. The van der Waals surface area contributed by atoms with Gasteiger partial charge in [-0.25, -0.2) is 9.59 Å². The maximum absolute atomic E-state index is 12.7. The largest absolute Gasteiger partial charge is 0.354 e. The Hall–Kier alpha value is -3.28. The van der Waals surface area contributed by atoms with Gasteiger partial charge >= 0.3 is 11.7 Å². The Morgan fingerprint density at radius 1 is 1.05 bits per heavy atom. The van der Waals surface area contributed by atoms with E-state index in [2.05, 4.69) is 22.5 Å². The highest BCUT2D eigenvalue weighted by molar-refractivity contribution is 5.89. The predicted molar refractivity (Wildman–Crippen MR) is 150 cm³/mol. The molecule has 1 saturated heterocycles. The maximum atomic E-state index is 12.7. The van der Waals surface area contributed by atoms with E-state index >= 15 is 0 Å². The Morgan fingerprint density at radius 3 is 2.23 bits per heavy atom. The lowest BCUT2D eigenvalue weighted by Crippen LogP contribution is -2.76. The summed E-state index contributed by atoms with van der Waals surface area (Å²) >= 11 is 0. The molecule has 1 unspecified atom stereocenters. The SMILES string of the molecule is CC(Cc1ccc(-n2ccc(NC(=O)N3CCN(C(=O)C(C)(C)N)CC3)nc2=O)cc1)NC12CC(CN)(C1)C2. The van der Waals surface area contributed by atoms with Crippen molar-refractivity contribution in [2.24, 2.45) is 16.9 Å². The first-order valence-corrected chi connectivity index (χ1v) is 13.7. The minimum Gasteiger partial charge on any atom is -0.338 e. The van der Waals surface area contributed by atoms with Crippen LogP contribution in [0.4, 0.5) is 10.6 Å². The molecule has 2 aromatic rings. The summed E-state index contributed by atoms with van der Waals surface area (Å²) in [4.78, 5) is 45.1. The van der Waals surface area contributed by atoms with Gasteiger partial charge in [-0.2, -0.15) is 4.98 Å². The minimum atomic E-state index is -0.946. The van der Waals surface area contributed by atoms with Crippen LogP contribution in [-0.4, -0.2) is 81.1 Å². The zero-order valence-electron chi connectivity index (χ0n) is 23.1. The summed E-state index contributed by atoms with van der Waals surface area (Å²) < 4.78 is 1.45. The second kappa shape index (κ2) is 10.0. The van der Waals surface area contributed by atoms with Gasteiger partial charge in [-0.3, -0.25) is 14.7 Å². The molecule has 0 radical (unpaired) electrons. The van der Waals surface area contributed by atoms with E-state index < -0.39 is 11.2 Å². The normalized spacial score (nSPS) is 24.9. The summed E-state index contributed by atoms with van der Waals surface area (Å²) in [5.74, 6) is 0.0435. The molecule has 210 valence electrons. The predicted octanol–water partition coefficient (Wildman–Crippen LogP) is 1.05. The second-order valence-corrected chi connectivity index (χ2v) is 12.3. The number of anilines is 1. The molecule has 1 aromatic carbocycles. The molecule has 6 N–H and O–H groups in total. The number of piperazine rings is 1. The van der Waals surface area contributed by atoms with E-state index in [1.807, 2.05) is 24.3 Å². The van der Waals surface area contributed by atoms with Crippen molar-refractivity contribution in [3.63, 3.8) is 0 Å². The molecule has 1 aromatic heterocycles. The van der Waals surface area contributed by atoms with Crippen LogP contribution in [0.2, 0.25) is 0 Å². The number of rotatable bonds is 8. The third-order valence-electron chi connectivity index (χ3n) is 8.33. The average molecular weight is 537 g/mol. The van der Waals surface area contributed by atoms with Crippen LogP contribution < -0.4 is 27.8 Å². The number of urea groups is 1.